The van der Waals surface area contributed by atoms with Gasteiger partial charge in [0.2, 0.25) is 0 Å². The Labute approximate surface area is 116 Å². The molecule has 2 N–H and O–H groups in total. The van der Waals surface area contributed by atoms with E-state index in [4.69, 9.17) is 0 Å². The van der Waals surface area contributed by atoms with E-state index in [0.29, 0.717) is 6.54 Å². The third-order valence-corrected chi connectivity index (χ3v) is 3.01. The highest BCUT2D eigenvalue weighted by Crippen LogP contribution is 2.23. The van der Waals surface area contributed by atoms with Gasteiger partial charge in [-0.15, -0.1) is 0 Å². The van der Waals surface area contributed by atoms with E-state index in [2.05, 4.69) is 36.1 Å². The average Bonchev–Trinajstić information content (AvgIpc) is 2.48. The number of hydrogen-bond acceptors (Lipinski definition) is 4. The maximum atomic E-state index is 9.54. The van der Waals surface area contributed by atoms with Crippen LogP contribution in [0, 0.1) is 6.92 Å². The Kier molecular flexibility index (Phi) is 4.98. The molecule has 1 heterocycles. The molecule has 0 fully saturated rings. The van der Waals surface area contributed by atoms with Crippen LogP contribution in [0.1, 0.15) is 39.0 Å². The van der Waals surface area contributed by atoms with Gasteiger partial charge in [-0.25, -0.2) is 0 Å². The summed E-state index contributed by atoms with van der Waals surface area (Å²) in [4.78, 5) is 2.06. The van der Waals surface area contributed by atoms with E-state index in [0.717, 1.165) is 18.1 Å². The first-order valence-corrected chi connectivity index (χ1v) is 6.78. The Morgan fingerprint density at radius 3 is 2.47 bits per heavy atom. The normalized spacial score (nSPS) is 13.7. The summed E-state index contributed by atoms with van der Waals surface area (Å²) in [5.41, 5.74) is 2.30. The van der Waals surface area contributed by atoms with Crippen LogP contribution in [-0.2, 0) is 13.6 Å². The summed E-state index contributed by atoms with van der Waals surface area (Å²) in [6, 6.07) is 0. The van der Waals surface area contributed by atoms with Gasteiger partial charge in [0.05, 0.1) is 11.8 Å². The number of likely N-dealkylation sites (N-methyl/N-ethyl adjacent to an activating group) is 1. The van der Waals surface area contributed by atoms with Gasteiger partial charge in [0.25, 0.3) is 0 Å². The van der Waals surface area contributed by atoms with Crippen LogP contribution in [-0.4, -0.2) is 40.1 Å². The Morgan fingerprint density at radius 1 is 1.42 bits per heavy atom. The maximum Gasteiger partial charge on any atom is 0.131 e. The molecule has 1 unspecified atom stereocenters. The zero-order valence-electron chi connectivity index (χ0n) is 13.3. The fourth-order valence-electron chi connectivity index (χ4n) is 2.21. The van der Waals surface area contributed by atoms with Gasteiger partial charge in [-0.2, -0.15) is 5.10 Å². The quantitative estimate of drug-likeness (QED) is 0.848. The number of rotatable bonds is 5. The lowest BCUT2D eigenvalue weighted by Crippen LogP contribution is -2.36. The molecule has 1 rings (SSSR count). The molecule has 0 aromatic carbocycles. The summed E-state index contributed by atoms with van der Waals surface area (Å²) in [5.74, 6) is 1.06. The SMILES string of the molecule is Cc1nn(C)c(N(C)CC(C)O)c1CNC(C)(C)C. The van der Waals surface area contributed by atoms with Crippen LogP contribution in [0.3, 0.4) is 0 Å². The first kappa shape index (κ1) is 16.0. The van der Waals surface area contributed by atoms with Crippen molar-refractivity contribution >= 4 is 5.82 Å². The van der Waals surface area contributed by atoms with E-state index in [1.54, 1.807) is 6.92 Å². The number of nitrogens with zero attached hydrogens (tertiary/aromatic N) is 3. The zero-order valence-corrected chi connectivity index (χ0v) is 13.3. The highest BCUT2D eigenvalue weighted by Gasteiger charge is 2.19. The third kappa shape index (κ3) is 4.51. The first-order valence-electron chi connectivity index (χ1n) is 6.78. The van der Waals surface area contributed by atoms with Gasteiger partial charge in [0.1, 0.15) is 5.82 Å². The molecule has 19 heavy (non-hydrogen) atoms. The summed E-state index contributed by atoms with van der Waals surface area (Å²) < 4.78 is 1.89. The summed E-state index contributed by atoms with van der Waals surface area (Å²) >= 11 is 0. The number of aromatic nitrogens is 2. The molecule has 1 aromatic rings. The second kappa shape index (κ2) is 5.92. The molecule has 0 amide bonds. The topological polar surface area (TPSA) is 53.3 Å². The Morgan fingerprint density at radius 2 is 2.00 bits per heavy atom. The smallest absolute Gasteiger partial charge is 0.131 e. The fourth-order valence-corrected chi connectivity index (χ4v) is 2.21. The van der Waals surface area contributed by atoms with Gasteiger partial charge < -0.3 is 15.3 Å². The van der Waals surface area contributed by atoms with Crippen molar-refractivity contribution in [3.05, 3.63) is 11.3 Å². The predicted molar refractivity (Wildman–Crippen MR) is 79.5 cm³/mol. The molecule has 0 aliphatic carbocycles. The molecule has 110 valence electrons. The van der Waals surface area contributed by atoms with Crippen molar-refractivity contribution in [2.45, 2.75) is 52.8 Å². The fraction of sp³-hybridized carbons (Fsp3) is 0.786. The van der Waals surface area contributed by atoms with Crippen LogP contribution in [0.5, 0.6) is 0 Å². The van der Waals surface area contributed by atoms with E-state index in [1.807, 2.05) is 25.7 Å². The number of aliphatic hydroxyl groups is 1. The minimum atomic E-state index is -0.358. The molecular weight excluding hydrogens is 240 g/mol. The van der Waals surface area contributed by atoms with Gasteiger partial charge in [-0.1, -0.05) is 0 Å². The van der Waals surface area contributed by atoms with Crippen molar-refractivity contribution in [1.82, 2.24) is 15.1 Å². The van der Waals surface area contributed by atoms with Gasteiger partial charge in [-0.05, 0) is 34.6 Å². The lowest BCUT2D eigenvalue weighted by Gasteiger charge is -2.25. The van der Waals surface area contributed by atoms with Gasteiger partial charge >= 0.3 is 0 Å². The minimum Gasteiger partial charge on any atom is -0.392 e. The molecule has 0 saturated heterocycles. The molecule has 1 aromatic heterocycles. The van der Waals surface area contributed by atoms with Gasteiger partial charge in [-0.3, -0.25) is 4.68 Å². The van der Waals surface area contributed by atoms with Crippen molar-refractivity contribution < 1.29 is 5.11 Å². The van der Waals surface area contributed by atoms with E-state index in [1.165, 1.54) is 5.56 Å². The Hall–Kier alpha value is -1.07. The van der Waals surface area contributed by atoms with Crippen molar-refractivity contribution in [2.75, 3.05) is 18.5 Å². The Balaban J connectivity index is 2.97. The summed E-state index contributed by atoms with van der Waals surface area (Å²) in [5, 5.41) is 17.5. The molecule has 0 radical (unpaired) electrons. The van der Waals surface area contributed by atoms with Crippen molar-refractivity contribution in [1.29, 1.82) is 0 Å². The monoisotopic (exact) mass is 268 g/mol. The lowest BCUT2D eigenvalue weighted by atomic mass is 10.1. The van der Waals surface area contributed by atoms with Crippen LogP contribution in [0.15, 0.2) is 0 Å². The molecule has 5 heteroatoms. The van der Waals surface area contributed by atoms with E-state index in [9.17, 15) is 5.11 Å². The number of nitrogens with one attached hydrogen (secondary N) is 1. The second-order valence-electron chi connectivity index (χ2n) is 6.34. The lowest BCUT2D eigenvalue weighted by molar-refractivity contribution is 0.201. The molecule has 0 saturated carbocycles. The highest BCUT2D eigenvalue weighted by molar-refractivity contribution is 5.49. The second-order valence-corrected chi connectivity index (χ2v) is 6.34. The maximum absolute atomic E-state index is 9.54. The number of anilines is 1. The molecule has 0 spiro atoms. The number of hydrogen-bond donors (Lipinski definition) is 2. The molecule has 0 bridgehead atoms. The Bertz CT molecular complexity index is 418. The number of aryl methyl sites for hydroxylation is 2. The minimum absolute atomic E-state index is 0.0718. The summed E-state index contributed by atoms with van der Waals surface area (Å²) in [6.45, 7) is 11.7. The van der Waals surface area contributed by atoms with Gasteiger partial charge in [0, 0.05) is 38.3 Å². The van der Waals surface area contributed by atoms with Crippen LogP contribution >= 0.6 is 0 Å². The van der Waals surface area contributed by atoms with E-state index < -0.39 is 0 Å². The van der Waals surface area contributed by atoms with Gasteiger partial charge in [0.15, 0.2) is 0 Å². The van der Waals surface area contributed by atoms with Crippen LogP contribution in [0.2, 0.25) is 0 Å². The molecule has 0 aliphatic heterocycles. The van der Waals surface area contributed by atoms with Crippen LogP contribution in [0.4, 0.5) is 5.82 Å². The standard InChI is InChI=1S/C14H28N4O/c1-10(19)9-17(6)13-12(8-15-14(3,4)5)11(2)16-18(13)7/h10,15,19H,8-9H2,1-7H3. The third-order valence-electron chi connectivity index (χ3n) is 3.01. The average molecular weight is 268 g/mol. The summed E-state index contributed by atoms with van der Waals surface area (Å²) in [7, 11) is 3.94. The van der Waals surface area contributed by atoms with Crippen LogP contribution in [0.25, 0.3) is 0 Å². The molecular formula is C14H28N4O. The van der Waals surface area contributed by atoms with E-state index in [-0.39, 0.29) is 11.6 Å². The predicted octanol–water partition coefficient (Wildman–Crippen LogP) is 1.43. The summed E-state index contributed by atoms with van der Waals surface area (Å²) in [6.07, 6.45) is -0.358. The first-order chi connectivity index (χ1) is 8.61. The van der Waals surface area contributed by atoms with Crippen molar-refractivity contribution in [2.24, 2.45) is 7.05 Å². The van der Waals surface area contributed by atoms with Crippen molar-refractivity contribution in [3.63, 3.8) is 0 Å². The largest absolute Gasteiger partial charge is 0.392 e. The molecule has 0 aliphatic rings. The molecule has 1 atom stereocenters. The number of aliphatic hydroxyl groups excluding tert-OH is 1. The highest BCUT2D eigenvalue weighted by atomic mass is 16.3. The van der Waals surface area contributed by atoms with Crippen molar-refractivity contribution in [3.8, 4) is 0 Å². The molecule has 5 nitrogen and oxygen atoms in total. The van der Waals surface area contributed by atoms with E-state index >= 15 is 0 Å². The zero-order chi connectivity index (χ0) is 14.8. The van der Waals surface area contributed by atoms with Crippen LogP contribution < -0.4 is 10.2 Å².